The normalized spacial score (nSPS) is 10.8. The number of rotatable bonds is 7. The van der Waals surface area contributed by atoms with Gasteiger partial charge in [-0.3, -0.25) is 4.79 Å². The summed E-state index contributed by atoms with van der Waals surface area (Å²) >= 11 is 12.4. The molecule has 1 aromatic heterocycles. The summed E-state index contributed by atoms with van der Waals surface area (Å²) < 4.78 is 6.80. The molecule has 5 rings (SSSR count). The topological polar surface area (TPSA) is 74.1 Å². The number of carbonyl (C=O) groups excluding carboxylic acids is 2. The molecular formula is C30H21Cl2N3O3. The van der Waals surface area contributed by atoms with Crippen LogP contribution in [0.15, 0.2) is 97.1 Å². The quantitative estimate of drug-likeness (QED) is 0.160. The van der Waals surface area contributed by atoms with Crippen molar-refractivity contribution in [1.82, 2.24) is 14.8 Å². The summed E-state index contributed by atoms with van der Waals surface area (Å²) in [6, 6.07) is 29.4. The van der Waals surface area contributed by atoms with Gasteiger partial charge in [0.25, 0.3) is 5.82 Å². The van der Waals surface area contributed by atoms with Crippen molar-refractivity contribution in [2.45, 2.75) is 6.92 Å². The lowest BCUT2D eigenvalue weighted by molar-refractivity contribution is 0.0462. The largest absolute Gasteiger partial charge is 0.451 e. The van der Waals surface area contributed by atoms with Gasteiger partial charge in [0.2, 0.25) is 0 Å². The molecule has 0 saturated heterocycles. The Bertz CT molecular complexity index is 1610. The van der Waals surface area contributed by atoms with E-state index in [1.54, 1.807) is 42.5 Å². The van der Waals surface area contributed by atoms with Crippen molar-refractivity contribution >= 4 is 35.0 Å². The van der Waals surface area contributed by atoms with Crippen LogP contribution in [-0.2, 0) is 4.74 Å². The van der Waals surface area contributed by atoms with Crippen molar-refractivity contribution in [3.05, 3.63) is 124 Å². The molecule has 1 heterocycles. The van der Waals surface area contributed by atoms with Crippen LogP contribution in [0.5, 0.6) is 0 Å². The van der Waals surface area contributed by atoms with Crippen LogP contribution in [0, 0.1) is 6.92 Å². The van der Waals surface area contributed by atoms with E-state index in [9.17, 15) is 9.59 Å². The van der Waals surface area contributed by atoms with Crippen LogP contribution in [0.4, 0.5) is 0 Å². The third-order valence-electron chi connectivity index (χ3n) is 5.94. The maximum Gasteiger partial charge on any atom is 0.378 e. The number of ether oxygens (including phenoxy) is 1. The lowest BCUT2D eigenvalue weighted by atomic mass is 10.0. The smallest absolute Gasteiger partial charge is 0.378 e. The van der Waals surface area contributed by atoms with E-state index in [-0.39, 0.29) is 11.6 Å². The molecule has 0 aliphatic rings. The monoisotopic (exact) mass is 541 g/mol. The van der Waals surface area contributed by atoms with Gasteiger partial charge in [0.05, 0.1) is 5.69 Å². The van der Waals surface area contributed by atoms with E-state index in [4.69, 9.17) is 27.9 Å². The van der Waals surface area contributed by atoms with Crippen molar-refractivity contribution in [2.24, 2.45) is 0 Å². The van der Waals surface area contributed by atoms with Gasteiger partial charge < -0.3 is 4.74 Å². The summed E-state index contributed by atoms with van der Waals surface area (Å²) in [4.78, 5) is 30.0. The first-order valence-electron chi connectivity index (χ1n) is 11.7. The van der Waals surface area contributed by atoms with Gasteiger partial charge in [-0.1, -0.05) is 83.9 Å². The lowest BCUT2D eigenvalue weighted by Crippen LogP contribution is -2.15. The van der Waals surface area contributed by atoms with Crippen LogP contribution < -0.4 is 0 Å². The predicted octanol–water partition coefficient (Wildman–Crippen LogP) is 7.26. The summed E-state index contributed by atoms with van der Waals surface area (Å²) in [6.07, 6.45) is 0. The molecule has 188 valence electrons. The molecule has 6 nitrogen and oxygen atoms in total. The predicted molar refractivity (Wildman–Crippen MR) is 148 cm³/mol. The second kappa shape index (κ2) is 11.0. The molecule has 0 spiro atoms. The number of benzene rings is 4. The van der Waals surface area contributed by atoms with Gasteiger partial charge in [0, 0.05) is 21.2 Å². The Morgan fingerprint density at radius 2 is 1.47 bits per heavy atom. The van der Waals surface area contributed by atoms with Gasteiger partial charge in [-0.05, 0) is 60.0 Å². The fourth-order valence-corrected chi connectivity index (χ4v) is 4.14. The maximum absolute atomic E-state index is 12.9. The minimum absolute atomic E-state index is 0.182. The van der Waals surface area contributed by atoms with E-state index in [0.29, 0.717) is 32.7 Å². The first-order valence-corrected chi connectivity index (χ1v) is 12.5. The number of Topliss-reactive ketones (excluding diaryl/α,β-unsaturated/α-hetero) is 1. The van der Waals surface area contributed by atoms with Crippen LogP contribution in [0.2, 0.25) is 10.0 Å². The lowest BCUT2D eigenvalue weighted by Gasteiger charge is -2.07. The molecule has 0 aliphatic heterocycles. The number of hydrogen-bond acceptors (Lipinski definition) is 5. The van der Waals surface area contributed by atoms with Crippen LogP contribution in [-0.4, -0.2) is 33.1 Å². The number of nitrogens with zero attached hydrogens (tertiary/aromatic N) is 3. The Balaban J connectivity index is 1.35. The molecule has 0 saturated carbocycles. The first-order chi connectivity index (χ1) is 18.4. The SMILES string of the molecule is Cc1ccc(-n2nc(C(=O)OCC(=O)c3ccc(-c4ccccc4)cc3)nc2-c2ccc(Cl)cc2)cc1Cl. The van der Waals surface area contributed by atoms with Crippen LogP contribution in [0.25, 0.3) is 28.2 Å². The zero-order chi connectivity index (χ0) is 26.6. The number of aryl methyl sites for hydroxylation is 1. The molecule has 38 heavy (non-hydrogen) atoms. The van der Waals surface area contributed by atoms with Crippen molar-refractivity contribution in [1.29, 1.82) is 0 Å². The standard InChI is InChI=1S/C30H21Cl2N3O3/c1-19-7-16-25(17-26(19)32)35-29(23-12-14-24(31)15-13-23)33-28(34-35)30(37)38-18-27(36)22-10-8-21(9-11-22)20-5-3-2-4-6-20/h2-17H,18H2,1H3. The van der Waals surface area contributed by atoms with E-state index in [0.717, 1.165) is 16.7 Å². The summed E-state index contributed by atoms with van der Waals surface area (Å²) in [5.74, 6) is -0.928. The van der Waals surface area contributed by atoms with Gasteiger partial charge in [-0.25, -0.2) is 14.5 Å². The maximum atomic E-state index is 12.9. The highest BCUT2D eigenvalue weighted by Gasteiger charge is 2.21. The number of halogens is 2. The van der Waals surface area contributed by atoms with E-state index < -0.39 is 12.6 Å². The molecular weight excluding hydrogens is 521 g/mol. The van der Waals surface area contributed by atoms with Crippen LogP contribution >= 0.6 is 23.2 Å². The van der Waals surface area contributed by atoms with Gasteiger partial charge in [-0.2, -0.15) is 0 Å². The molecule has 4 aromatic carbocycles. The summed E-state index contributed by atoms with van der Waals surface area (Å²) in [5, 5.41) is 5.49. The molecule has 0 N–H and O–H groups in total. The number of hydrogen-bond donors (Lipinski definition) is 0. The van der Waals surface area contributed by atoms with Crippen molar-refractivity contribution in [3.8, 4) is 28.2 Å². The molecule has 0 fully saturated rings. The van der Waals surface area contributed by atoms with Gasteiger partial charge in [-0.15, -0.1) is 5.10 Å². The minimum Gasteiger partial charge on any atom is -0.451 e. The number of esters is 1. The Hall–Kier alpha value is -4.26. The van der Waals surface area contributed by atoms with Crippen LogP contribution in [0.3, 0.4) is 0 Å². The van der Waals surface area contributed by atoms with Gasteiger partial charge >= 0.3 is 5.97 Å². The Morgan fingerprint density at radius 1 is 0.816 bits per heavy atom. The van der Waals surface area contributed by atoms with Crippen molar-refractivity contribution < 1.29 is 14.3 Å². The minimum atomic E-state index is -0.813. The average Bonchev–Trinajstić information content (AvgIpc) is 3.40. The molecule has 5 aromatic rings. The molecule has 0 atom stereocenters. The Labute approximate surface area is 229 Å². The molecule has 8 heteroatoms. The highest BCUT2D eigenvalue weighted by Crippen LogP contribution is 2.26. The zero-order valence-corrected chi connectivity index (χ0v) is 21.8. The fraction of sp³-hybridized carbons (Fsp3) is 0.0667. The molecule has 0 aliphatic carbocycles. The number of aromatic nitrogens is 3. The number of ketones is 1. The third-order valence-corrected chi connectivity index (χ3v) is 6.60. The van der Waals surface area contributed by atoms with E-state index in [1.165, 1.54) is 4.68 Å². The van der Waals surface area contributed by atoms with E-state index >= 15 is 0 Å². The molecule has 0 amide bonds. The number of carbonyl (C=O) groups is 2. The van der Waals surface area contributed by atoms with E-state index in [2.05, 4.69) is 10.1 Å². The van der Waals surface area contributed by atoms with Crippen LogP contribution in [0.1, 0.15) is 26.5 Å². The zero-order valence-electron chi connectivity index (χ0n) is 20.3. The second-order valence-electron chi connectivity index (χ2n) is 8.55. The molecule has 0 radical (unpaired) electrons. The second-order valence-corrected chi connectivity index (χ2v) is 9.40. The Morgan fingerprint density at radius 3 is 2.16 bits per heavy atom. The summed E-state index contributed by atoms with van der Waals surface area (Å²) in [7, 11) is 0. The highest BCUT2D eigenvalue weighted by molar-refractivity contribution is 6.31. The molecule has 0 bridgehead atoms. The summed E-state index contributed by atoms with van der Waals surface area (Å²) in [5.41, 5.74) is 4.68. The highest BCUT2D eigenvalue weighted by atomic mass is 35.5. The Kier molecular flexibility index (Phi) is 7.36. The average molecular weight is 542 g/mol. The van der Waals surface area contributed by atoms with Crippen molar-refractivity contribution in [2.75, 3.05) is 6.61 Å². The molecule has 0 unspecified atom stereocenters. The van der Waals surface area contributed by atoms with Gasteiger partial charge in [0.1, 0.15) is 0 Å². The van der Waals surface area contributed by atoms with Crippen molar-refractivity contribution in [3.63, 3.8) is 0 Å². The fourth-order valence-electron chi connectivity index (χ4n) is 3.84. The first kappa shape index (κ1) is 25.4. The van der Waals surface area contributed by atoms with Gasteiger partial charge in [0.15, 0.2) is 18.2 Å². The summed E-state index contributed by atoms with van der Waals surface area (Å²) in [6.45, 7) is 1.45. The third kappa shape index (κ3) is 5.52. The van der Waals surface area contributed by atoms with E-state index in [1.807, 2.05) is 61.5 Å².